The quantitative estimate of drug-likeness (QED) is 0.158. The fourth-order valence-corrected chi connectivity index (χ4v) is 5.55. The van der Waals surface area contributed by atoms with Crippen LogP contribution in [0.1, 0.15) is 66.0 Å². The van der Waals surface area contributed by atoms with Crippen LogP contribution in [0.25, 0.3) is 0 Å². The maximum Gasteiger partial charge on any atom is 0.421 e. The highest BCUT2D eigenvalue weighted by Crippen LogP contribution is 2.43. The van der Waals surface area contributed by atoms with E-state index in [0.717, 1.165) is 12.1 Å². The Morgan fingerprint density at radius 3 is 2.28 bits per heavy atom. The topological polar surface area (TPSA) is 118 Å². The Hall–Kier alpha value is -3.72. The highest BCUT2D eigenvalue weighted by molar-refractivity contribution is 6.74. The summed E-state index contributed by atoms with van der Waals surface area (Å²) in [6, 6.07) is 5.30. The molecule has 2 aromatic rings. The smallest absolute Gasteiger partial charge is 0.421 e. The molecule has 3 rings (SSSR count). The van der Waals surface area contributed by atoms with Crippen LogP contribution in [0, 0.1) is 11.6 Å². The number of amides is 2. The lowest BCUT2D eigenvalue weighted by Gasteiger charge is -2.39. The molecule has 0 aromatic heterocycles. The van der Waals surface area contributed by atoms with Crippen molar-refractivity contribution in [3.63, 3.8) is 0 Å². The van der Waals surface area contributed by atoms with E-state index in [-0.39, 0.29) is 36.1 Å². The summed E-state index contributed by atoms with van der Waals surface area (Å²) in [5.41, 5.74) is -0.417. The Labute approximate surface area is 266 Å². The van der Waals surface area contributed by atoms with Crippen LogP contribution < -0.4 is 16.4 Å². The van der Waals surface area contributed by atoms with Gasteiger partial charge in [0, 0.05) is 5.56 Å². The number of aliphatic imine (C=N–C) groups is 1. The van der Waals surface area contributed by atoms with Crippen LogP contribution in [0.2, 0.25) is 18.1 Å². The van der Waals surface area contributed by atoms with E-state index in [1.54, 1.807) is 20.8 Å². The van der Waals surface area contributed by atoms with Crippen LogP contribution >= 0.6 is 0 Å². The molecule has 2 amide bonds. The zero-order valence-electron chi connectivity index (χ0n) is 27.5. The molecule has 0 spiro atoms. The third kappa shape index (κ3) is 8.35. The minimum absolute atomic E-state index is 0.0270. The minimum atomic E-state index is -5.14. The molecule has 4 N–H and O–H groups in total. The standard InChI is InChI=1S/C31H42F5N5O4Si/c1-28(2,3)45-27(43)39-26-40-30(7,17-22(42)41(26)15-16-44-46(8,9)29(4,5)6)18-11-10-12-21(24(18)33)38-25-20(37)14-13-19(32)23(25)31(34,35)36/h10-14,38H,15-17,37H2,1-9H3,(H,39,40,43)/t30-/m0/s1. The van der Waals surface area contributed by atoms with Gasteiger partial charge < -0.3 is 20.2 Å². The fraction of sp³-hybridized carbons (Fsp3) is 0.516. The van der Waals surface area contributed by atoms with E-state index in [9.17, 15) is 27.2 Å². The SMILES string of the molecule is CC(C)(C)OC(=O)NC1=N[C@](C)(c2cccc(Nc3c(N)ccc(F)c3C(F)(F)F)c2F)CC(=O)N1CCO[Si](C)(C)C(C)(C)C. The Bertz CT molecular complexity index is 1520. The summed E-state index contributed by atoms with van der Waals surface area (Å²) < 4.78 is 83.2. The van der Waals surface area contributed by atoms with Crippen molar-refractivity contribution in [1.82, 2.24) is 10.2 Å². The zero-order chi connectivity index (χ0) is 35.0. The van der Waals surface area contributed by atoms with Crippen molar-refractivity contribution in [2.45, 2.75) is 90.3 Å². The first kappa shape index (κ1) is 36.7. The van der Waals surface area contributed by atoms with Crippen molar-refractivity contribution >= 4 is 43.3 Å². The number of nitrogen functional groups attached to an aromatic ring is 1. The van der Waals surface area contributed by atoms with Crippen molar-refractivity contribution in [2.75, 3.05) is 24.2 Å². The largest absolute Gasteiger partial charge is 0.444 e. The molecule has 0 aliphatic carbocycles. The second-order valence-corrected chi connectivity index (χ2v) is 18.7. The normalized spacial score (nSPS) is 17.9. The second-order valence-electron chi connectivity index (χ2n) is 13.8. The Kier molecular flexibility index (Phi) is 10.2. The number of halogens is 5. The van der Waals surface area contributed by atoms with E-state index in [2.05, 4.69) is 49.5 Å². The lowest BCUT2D eigenvalue weighted by molar-refractivity contribution is -0.139. The summed E-state index contributed by atoms with van der Waals surface area (Å²) in [5, 5.41) is 4.69. The van der Waals surface area contributed by atoms with Gasteiger partial charge in [-0.25, -0.2) is 18.6 Å². The number of benzene rings is 2. The molecule has 9 nitrogen and oxygen atoms in total. The second kappa shape index (κ2) is 12.8. The first-order chi connectivity index (χ1) is 20.9. The number of carbonyl (C=O) groups is 2. The van der Waals surface area contributed by atoms with E-state index in [4.69, 9.17) is 14.9 Å². The first-order valence-electron chi connectivity index (χ1n) is 14.6. The van der Waals surface area contributed by atoms with E-state index in [1.165, 1.54) is 24.0 Å². The van der Waals surface area contributed by atoms with Crippen LogP contribution in [-0.2, 0) is 25.7 Å². The summed E-state index contributed by atoms with van der Waals surface area (Å²) in [6.07, 6.45) is -6.40. The summed E-state index contributed by atoms with van der Waals surface area (Å²) >= 11 is 0. The number of hydrogen-bond donors (Lipinski definition) is 3. The number of alkyl carbamates (subject to hydrolysis) is 1. The van der Waals surface area contributed by atoms with Gasteiger partial charge >= 0.3 is 12.3 Å². The maximum atomic E-state index is 16.1. The van der Waals surface area contributed by atoms with Gasteiger partial charge in [0.25, 0.3) is 0 Å². The third-order valence-corrected chi connectivity index (χ3v) is 12.4. The van der Waals surface area contributed by atoms with E-state index in [1.807, 2.05) is 0 Å². The molecule has 2 aromatic carbocycles. The highest BCUT2D eigenvalue weighted by Gasteiger charge is 2.43. The molecule has 1 aliphatic heterocycles. The van der Waals surface area contributed by atoms with Gasteiger partial charge in [-0.1, -0.05) is 32.9 Å². The summed E-state index contributed by atoms with van der Waals surface area (Å²) in [7, 11) is -2.20. The molecule has 0 saturated carbocycles. The lowest BCUT2D eigenvalue weighted by atomic mass is 9.86. The monoisotopic (exact) mass is 671 g/mol. The van der Waals surface area contributed by atoms with Gasteiger partial charge in [0.15, 0.2) is 14.1 Å². The van der Waals surface area contributed by atoms with E-state index < -0.39 is 71.9 Å². The zero-order valence-corrected chi connectivity index (χ0v) is 28.5. The molecule has 0 radical (unpaired) electrons. The Balaban J connectivity index is 2.05. The number of nitrogens with zero attached hydrogens (tertiary/aromatic N) is 2. The highest BCUT2D eigenvalue weighted by atomic mass is 28.4. The maximum absolute atomic E-state index is 16.1. The number of nitrogens with one attached hydrogen (secondary N) is 2. The number of rotatable bonds is 7. The van der Waals surface area contributed by atoms with Gasteiger partial charge in [0.2, 0.25) is 11.9 Å². The van der Waals surface area contributed by atoms with Gasteiger partial charge in [-0.05, 0) is 64.0 Å². The number of hydrogen-bond acceptors (Lipinski definition) is 7. The van der Waals surface area contributed by atoms with E-state index in [0.29, 0.717) is 6.07 Å². The fourth-order valence-electron chi connectivity index (χ4n) is 4.51. The number of ether oxygens (including phenoxy) is 1. The van der Waals surface area contributed by atoms with Gasteiger partial charge in [0.05, 0.1) is 42.2 Å². The van der Waals surface area contributed by atoms with Crippen LogP contribution in [0.5, 0.6) is 0 Å². The molecular formula is C31H42F5N5O4Si. The molecule has 1 heterocycles. The van der Waals surface area contributed by atoms with Crippen molar-refractivity contribution < 1.29 is 40.7 Å². The summed E-state index contributed by atoms with van der Waals surface area (Å²) in [5.74, 6) is -3.37. The molecule has 0 unspecified atom stereocenters. The lowest BCUT2D eigenvalue weighted by Crippen LogP contribution is -2.55. The van der Waals surface area contributed by atoms with Crippen LogP contribution in [0.4, 0.5) is 43.8 Å². The van der Waals surface area contributed by atoms with Crippen LogP contribution in [-0.4, -0.2) is 49.9 Å². The first-order valence-corrected chi connectivity index (χ1v) is 17.5. The van der Waals surface area contributed by atoms with E-state index >= 15 is 4.39 Å². The summed E-state index contributed by atoms with van der Waals surface area (Å²) in [4.78, 5) is 32.2. The number of alkyl halides is 3. The Morgan fingerprint density at radius 1 is 1.09 bits per heavy atom. The number of anilines is 3. The average Bonchev–Trinajstić information content (AvgIpc) is 2.86. The number of nitrogens with two attached hydrogens (primary N) is 1. The predicted octanol–water partition coefficient (Wildman–Crippen LogP) is 7.66. The van der Waals surface area contributed by atoms with Crippen molar-refractivity contribution in [3.05, 3.63) is 53.1 Å². The molecule has 1 atom stereocenters. The minimum Gasteiger partial charge on any atom is -0.444 e. The van der Waals surface area contributed by atoms with Gasteiger partial charge in [-0.15, -0.1) is 0 Å². The molecule has 0 saturated heterocycles. The third-order valence-electron chi connectivity index (χ3n) is 7.91. The summed E-state index contributed by atoms with van der Waals surface area (Å²) in [6.45, 7) is 16.9. The van der Waals surface area contributed by atoms with Crippen LogP contribution in [0.3, 0.4) is 0 Å². The molecule has 0 fully saturated rings. The number of guanidine groups is 1. The molecule has 0 bridgehead atoms. The average molecular weight is 672 g/mol. The molecule has 15 heteroatoms. The molecular weight excluding hydrogens is 629 g/mol. The van der Waals surface area contributed by atoms with Gasteiger partial charge in [-0.3, -0.25) is 15.0 Å². The van der Waals surface area contributed by atoms with Crippen molar-refractivity contribution in [3.8, 4) is 0 Å². The molecule has 254 valence electrons. The van der Waals surface area contributed by atoms with Crippen LogP contribution in [0.15, 0.2) is 35.3 Å². The van der Waals surface area contributed by atoms with Gasteiger partial charge in [-0.2, -0.15) is 13.2 Å². The molecule has 1 aliphatic rings. The van der Waals surface area contributed by atoms with Crippen molar-refractivity contribution in [1.29, 1.82) is 0 Å². The predicted molar refractivity (Wildman–Crippen MR) is 169 cm³/mol. The Morgan fingerprint density at radius 2 is 1.72 bits per heavy atom. The van der Waals surface area contributed by atoms with Gasteiger partial charge in [0.1, 0.15) is 17.0 Å². The van der Waals surface area contributed by atoms with Crippen molar-refractivity contribution in [2.24, 2.45) is 4.99 Å². The molecule has 46 heavy (non-hydrogen) atoms. The number of carbonyl (C=O) groups excluding carboxylic acids is 2.